The summed E-state index contributed by atoms with van der Waals surface area (Å²) < 4.78 is 4.87. The number of aliphatic hydroxyl groups is 1. The Morgan fingerprint density at radius 2 is 2.36 bits per heavy atom. The highest BCUT2D eigenvalue weighted by Gasteiger charge is 2.22. The predicted molar refractivity (Wildman–Crippen MR) is 51.6 cm³/mol. The van der Waals surface area contributed by atoms with Crippen LogP contribution >= 0.6 is 0 Å². The van der Waals surface area contributed by atoms with E-state index in [2.05, 4.69) is 10.3 Å². The zero-order valence-electron chi connectivity index (χ0n) is 8.15. The van der Waals surface area contributed by atoms with Gasteiger partial charge < -0.3 is 14.8 Å². The standard InChI is InChI=1S/C10H16N2O2/c13-10-4-2-1-3-9(10)11-5-8-6-14-7-12-8/h6-7,9-11,13H,1-5H2. The van der Waals surface area contributed by atoms with Crippen molar-refractivity contribution in [2.24, 2.45) is 0 Å². The molecule has 0 bridgehead atoms. The van der Waals surface area contributed by atoms with E-state index in [1.54, 1.807) is 6.26 Å². The Morgan fingerprint density at radius 3 is 3.07 bits per heavy atom. The summed E-state index contributed by atoms with van der Waals surface area (Å²) in [7, 11) is 0. The highest BCUT2D eigenvalue weighted by Crippen LogP contribution is 2.18. The molecule has 1 heterocycles. The van der Waals surface area contributed by atoms with Gasteiger partial charge in [-0.3, -0.25) is 0 Å². The Labute approximate surface area is 83.3 Å². The van der Waals surface area contributed by atoms with E-state index in [1.807, 2.05) is 0 Å². The van der Waals surface area contributed by atoms with Gasteiger partial charge in [0.25, 0.3) is 0 Å². The summed E-state index contributed by atoms with van der Waals surface area (Å²) >= 11 is 0. The van der Waals surface area contributed by atoms with Gasteiger partial charge in [0, 0.05) is 12.6 Å². The van der Waals surface area contributed by atoms with Gasteiger partial charge in [-0.15, -0.1) is 0 Å². The molecule has 0 amide bonds. The first-order valence-electron chi connectivity index (χ1n) is 5.15. The maximum Gasteiger partial charge on any atom is 0.180 e. The first-order chi connectivity index (χ1) is 6.86. The molecule has 2 N–H and O–H groups in total. The number of nitrogens with one attached hydrogen (secondary N) is 1. The van der Waals surface area contributed by atoms with Crippen LogP contribution in [0.5, 0.6) is 0 Å². The van der Waals surface area contributed by atoms with Crippen LogP contribution < -0.4 is 5.32 Å². The van der Waals surface area contributed by atoms with Gasteiger partial charge in [0.05, 0.1) is 11.8 Å². The Bertz CT molecular complexity index is 261. The van der Waals surface area contributed by atoms with Gasteiger partial charge in [-0.1, -0.05) is 12.8 Å². The van der Waals surface area contributed by atoms with Gasteiger partial charge >= 0.3 is 0 Å². The number of hydrogen-bond acceptors (Lipinski definition) is 4. The van der Waals surface area contributed by atoms with Crippen molar-refractivity contribution in [1.29, 1.82) is 0 Å². The van der Waals surface area contributed by atoms with Crippen LogP contribution in [0.25, 0.3) is 0 Å². The lowest BCUT2D eigenvalue weighted by Gasteiger charge is -2.28. The van der Waals surface area contributed by atoms with Crippen molar-refractivity contribution >= 4 is 0 Å². The van der Waals surface area contributed by atoms with Crippen molar-refractivity contribution in [2.75, 3.05) is 0 Å². The third kappa shape index (κ3) is 2.33. The molecule has 1 saturated carbocycles. The molecule has 1 aromatic heterocycles. The van der Waals surface area contributed by atoms with E-state index in [4.69, 9.17) is 4.42 Å². The summed E-state index contributed by atoms with van der Waals surface area (Å²) in [5.74, 6) is 0. The topological polar surface area (TPSA) is 58.3 Å². The van der Waals surface area contributed by atoms with E-state index in [1.165, 1.54) is 12.8 Å². The molecule has 0 aromatic carbocycles. The van der Waals surface area contributed by atoms with Crippen LogP contribution in [-0.4, -0.2) is 22.2 Å². The molecule has 1 aliphatic carbocycles. The first kappa shape index (κ1) is 9.68. The third-order valence-electron chi connectivity index (χ3n) is 2.76. The normalized spacial score (nSPS) is 27.8. The molecule has 0 spiro atoms. The molecule has 0 saturated heterocycles. The van der Waals surface area contributed by atoms with Gasteiger partial charge in [0.1, 0.15) is 6.26 Å². The molecule has 0 radical (unpaired) electrons. The number of aliphatic hydroxyl groups excluding tert-OH is 1. The number of aromatic nitrogens is 1. The minimum atomic E-state index is -0.198. The van der Waals surface area contributed by atoms with Gasteiger partial charge in [-0.2, -0.15) is 0 Å². The fraction of sp³-hybridized carbons (Fsp3) is 0.700. The Morgan fingerprint density at radius 1 is 1.50 bits per heavy atom. The maximum absolute atomic E-state index is 9.69. The quantitative estimate of drug-likeness (QED) is 0.759. The molecule has 2 atom stereocenters. The summed E-state index contributed by atoms with van der Waals surface area (Å²) in [4.78, 5) is 4.01. The molecule has 4 nitrogen and oxygen atoms in total. The second kappa shape index (κ2) is 4.57. The molecular formula is C10H16N2O2. The van der Waals surface area contributed by atoms with Crippen LogP contribution in [0, 0.1) is 0 Å². The highest BCUT2D eigenvalue weighted by atomic mass is 16.3. The third-order valence-corrected chi connectivity index (χ3v) is 2.76. The monoisotopic (exact) mass is 196 g/mol. The summed E-state index contributed by atoms with van der Waals surface area (Å²) in [6.45, 7) is 0.679. The van der Waals surface area contributed by atoms with Crippen LogP contribution in [-0.2, 0) is 6.54 Å². The number of rotatable bonds is 3. The maximum atomic E-state index is 9.69. The number of oxazole rings is 1. The molecule has 1 aliphatic rings. The van der Waals surface area contributed by atoms with Crippen LogP contribution in [0.3, 0.4) is 0 Å². The molecular weight excluding hydrogens is 180 g/mol. The highest BCUT2D eigenvalue weighted by molar-refractivity contribution is 4.92. The molecule has 1 fully saturated rings. The molecule has 0 aliphatic heterocycles. The van der Waals surface area contributed by atoms with Crippen molar-refractivity contribution in [3.63, 3.8) is 0 Å². The van der Waals surface area contributed by atoms with Crippen molar-refractivity contribution in [3.8, 4) is 0 Å². The fourth-order valence-electron chi connectivity index (χ4n) is 1.91. The largest absolute Gasteiger partial charge is 0.451 e. The Hall–Kier alpha value is -0.870. The molecule has 78 valence electrons. The molecule has 2 unspecified atom stereocenters. The lowest BCUT2D eigenvalue weighted by atomic mass is 9.92. The molecule has 1 aromatic rings. The zero-order chi connectivity index (χ0) is 9.80. The van der Waals surface area contributed by atoms with Crippen LogP contribution in [0.4, 0.5) is 0 Å². The predicted octanol–water partition coefficient (Wildman–Crippen LogP) is 1.07. The molecule has 14 heavy (non-hydrogen) atoms. The van der Waals surface area contributed by atoms with E-state index < -0.39 is 0 Å². The fourth-order valence-corrected chi connectivity index (χ4v) is 1.91. The Kier molecular flexibility index (Phi) is 3.16. The lowest BCUT2D eigenvalue weighted by Crippen LogP contribution is -2.41. The summed E-state index contributed by atoms with van der Waals surface area (Å²) in [6, 6.07) is 0.223. The number of nitrogens with zero attached hydrogens (tertiary/aromatic N) is 1. The van der Waals surface area contributed by atoms with Crippen molar-refractivity contribution < 1.29 is 9.52 Å². The van der Waals surface area contributed by atoms with Gasteiger partial charge in [0.15, 0.2) is 6.39 Å². The second-order valence-electron chi connectivity index (χ2n) is 3.82. The smallest absolute Gasteiger partial charge is 0.180 e. The summed E-state index contributed by atoms with van der Waals surface area (Å²) in [6.07, 6.45) is 7.17. The Balaban J connectivity index is 1.79. The van der Waals surface area contributed by atoms with Crippen LogP contribution in [0.1, 0.15) is 31.4 Å². The van der Waals surface area contributed by atoms with Crippen molar-refractivity contribution in [1.82, 2.24) is 10.3 Å². The van der Waals surface area contributed by atoms with Gasteiger partial charge in [-0.25, -0.2) is 4.98 Å². The zero-order valence-corrected chi connectivity index (χ0v) is 8.15. The minimum Gasteiger partial charge on any atom is -0.451 e. The average molecular weight is 196 g/mol. The van der Waals surface area contributed by atoms with Gasteiger partial charge in [0.2, 0.25) is 0 Å². The van der Waals surface area contributed by atoms with Crippen molar-refractivity contribution in [2.45, 2.75) is 44.4 Å². The van der Waals surface area contributed by atoms with E-state index in [0.717, 1.165) is 25.0 Å². The van der Waals surface area contributed by atoms with E-state index >= 15 is 0 Å². The average Bonchev–Trinajstić information content (AvgIpc) is 2.69. The minimum absolute atomic E-state index is 0.198. The van der Waals surface area contributed by atoms with Gasteiger partial charge in [-0.05, 0) is 12.8 Å². The van der Waals surface area contributed by atoms with Crippen LogP contribution in [0.15, 0.2) is 17.1 Å². The van der Waals surface area contributed by atoms with Crippen molar-refractivity contribution in [3.05, 3.63) is 18.4 Å². The number of hydrogen-bond donors (Lipinski definition) is 2. The van der Waals surface area contributed by atoms with Crippen LogP contribution in [0.2, 0.25) is 0 Å². The van der Waals surface area contributed by atoms with E-state index in [9.17, 15) is 5.11 Å². The lowest BCUT2D eigenvalue weighted by molar-refractivity contribution is 0.0901. The van der Waals surface area contributed by atoms with E-state index in [0.29, 0.717) is 6.54 Å². The molecule has 2 rings (SSSR count). The first-order valence-corrected chi connectivity index (χ1v) is 5.15. The second-order valence-corrected chi connectivity index (χ2v) is 3.82. The van der Waals surface area contributed by atoms with E-state index in [-0.39, 0.29) is 12.1 Å². The SMILES string of the molecule is OC1CCCCC1NCc1cocn1. The summed E-state index contributed by atoms with van der Waals surface area (Å²) in [5, 5.41) is 13.0. The summed E-state index contributed by atoms with van der Waals surface area (Å²) in [5.41, 5.74) is 0.891. The molecule has 4 heteroatoms.